The number of halogens is 1. The van der Waals surface area contributed by atoms with E-state index in [0.29, 0.717) is 34.5 Å². The summed E-state index contributed by atoms with van der Waals surface area (Å²) < 4.78 is 11.4. The van der Waals surface area contributed by atoms with Gasteiger partial charge in [0, 0.05) is 5.02 Å². The summed E-state index contributed by atoms with van der Waals surface area (Å²) in [6, 6.07) is 21.2. The average Bonchev–Trinajstić information content (AvgIpc) is 3.20. The zero-order valence-electron chi connectivity index (χ0n) is 17.1. The number of ether oxygens (including phenoxy) is 2. The number of fused-ring (bicyclic) bond motifs is 1. The molecular weight excluding hydrogens is 410 g/mol. The highest BCUT2D eigenvalue weighted by Crippen LogP contribution is 2.30. The molecule has 154 valence electrons. The van der Waals surface area contributed by atoms with Gasteiger partial charge in [-0.25, -0.2) is 4.98 Å². The van der Waals surface area contributed by atoms with E-state index in [1.807, 2.05) is 67.6 Å². The number of aromatic amines is 1. The van der Waals surface area contributed by atoms with E-state index < -0.39 is 0 Å². The van der Waals surface area contributed by atoms with Crippen molar-refractivity contribution in [2.24, 2.45) is 0 Å². The minimum atomic E-state index is 0.393. The Morgan fingerprint density at radius 1 is 1.10 bits per heavy atom. The predicted molar refractivity (Wildman–Crippen MR) is 123 cm³/mol. The summed E-state index contributed by atoms with van der Waals surface area (Å²) in [5, 5.41) is 10.4. The summed E-state index contributed by atoms with van der Waals surface area (Å²) in [4.78, 5) is 7.76. The number of H-pyrrole nitrogens is 1. The van der Waals surface area contributed by atoms with Crippen LogP contribution in [0.2, 0.25) is 5.02 Å². The molecule has 1 heterocycles. The van der Waals surface area contributed by atoms with Gasteiger partial charge in [0.15, 0.2) is 11.5 Å². The molecule has 0 saturated heterocycles. The molecule has 0 aliphatic carbocycles. The Balaban J connectivity index is 1.58. The monoisotopic (exact) mass is 429 g/mol. The number of rotatable bonds is 6. The second kappa shape index (κ2) is 8.95. The third kappa shape index (κ3) is 4.71. The predicted octanol–water partition coefficient (Wildman–Crippen LogP) is 6.18. The lowest BCUT2D eigenvalue weighted by atomic mass is 10.1. The van der Waals surface area contributed by atoms with Crippen molar-refractivity contribution >= 4 is 34.3 Å². The third-order valence-electron chi connectivity index (χ3n) is 4.82. The zero-order valence-corrected chi connectivity index (χ0v) is 17.9. The van der Waals surface area contributed by atoms with Crippen molar-refractivity contribution in [3.05, 3.63) is 88.2 Å². The van der Waals surface area contributed by atoms with Crippen LogP contribution in [0.25, 0.3) is 22.7 Å². The van der Waals surface area contributed by atoms with Crippen LogP contribution < -0.4 is 9.47 Å². The van der Waals surface area contributed by atoms with Crippen LogP contribution in [-0.4, -0.2) is 17.1 Å². The number of allylic oxidation sites excluding steroid dienone is 1. The Morgan fingerprint density at radius 2 is 1.90 bits per heavy atom. The van der Waals surface area contributed by atoms with Gasteiger partial charge < -0.3 is 14.5 Å². The third-order valence-corrected chi connectivity index (χ3v) is 5.07. The maximum atomic E-state index is 9.69. The second-order valence-electron chi connectivity index (χ2n) is 7.10. The minimum Gasteiger partial charge on any atom is -0.493 e. The van der Waals surface area contributed by atoms with Crippen LogP contribution >= 0.6 is 11.6 Å². The van der Waals surface area contributed by atoms with Gasteiger partial charge in [-0.2, -0.15) is 5.26 Å². The summed E-state index contributed by atoms with van der Waals surface area (Å²) >= 11 is 5.93. The van der Waals surface area contributed by atoms with Gasteiger partial charge >= 0.3 is 0 Å². The van der Waals surface area contributed by atoms with Gasteiger partial charge in [-0.15, -0.1) is 0 Å². The smallest absolute Gasteiger partial charge is 0.161 e. The second-order valence-corrected chi connectivity index (χ2v) is 7.54. The summed E-state index contributed by atoms with van der Waals surface area (Å²) in [6.45, 7) is 2.41. The molecule has 0 unspecified atom stereocenters. The highest BCUT2D eigenvalue weighted by Gasteiger charge is 2.10. The Labute approximate surface area is 185 Å². The average molecular weight is 430 g/mol. The number of imidazole rings is 1. The van der Waals surface area contributed by atoms with Gasteiger partial charge in [0.25, 0.3) is 0 Å². The van der Waals surface area contributed by atoms with Gasteiger partial charge in [0.1, 0.15) is 18.5 Å². The van der Waals surface area contributed by atoms with Gasteiger partial charge in [-0.1, -0.05) is 35.9 Å². The lowest BCUT2D eigenvalue weighted by Gasteiger charge is -2.11. The molecule has 3 aromatic carbocycles. The first-order valence-corrected chi connectivity index (χ1v) is 10.1. The van der Waals surface area contributed by atoms with Gasteiger partial charge in [0.2, 0.25) is 0 Å². The van der Waals surface area contributed by atoms with E-state index >= 15 is 0 Å². The first-order valence-electron chi connectivity index (χ1n) is 9.69. The van der Waals surface area contributed by atoms with Crippen molar-refractivity contribution < 1.29 is 9.47 Å². The first-order chi connectivity index (χ1) is 15.1. The summed E-state index contributed by atoms with van der Waals surface area (Å²) in [7, 11) is 1.59. The Morgan fingerprint density at radius 3 is 2.65 bits per heavy atom. The highest BCUT2D eigenvalue weighted by molar-refractivity contribution is 6.30. The summed E-state index contributed by atoms with van der Waals surface area (Å²) in [6.07, 6.45) is 1.77. The van der Waals surface area contributed by atoms with Gasteiger partial charge in [-0.05, 0) is 66.1 Å². The molecule has 0 fully saturated rings. The number of hydrogen-bond acceptors (Lipinski definition) is 4. The first kappa shape index (κ1) is 20.5. The van der Waals surface area contributed by atoms with Crippen molar-refractivity contribution in [2.75, 3.05) is 7.11 Å². The number of nitrogens with one attached hydrogen (secondary N) is 1. The van der Waals surface area contributed by atoms with Gasteiger partial charge in [-0.3, -0.25) is 0 Å². The fraction of sp³-hybridized carbons (Fsp3) is 0.120. The van der Waals surface area contributed by atoms with Crippen LogP contribution in [0.1, 0.15) is 22.5 Å². The molecule has 0 saturated carbocycles. The molecule has 0 atom stereocenters. The maximum absolute atomic E-state index is 9.69. The Hall–Kier alpha value is -3.75. The number of nitriles is 1. The lowest BCUT2D eigenvalue weighted by molar-refractivity contribution is 0.284. The molecule has 0 aliphatic rings. The van der Waals surface area contributed by atoms with Gasteiger partial charge in [0.05, 0.1) is 23.7 Å². The van der Waals surface area contributed by atoms with Crippen molar-refractivity contribution in [3.8, 4) is 17.6 Å². The maximum Gasteiger partial charge on any atom is 0.161 e. The normalized spacial score (nSPS) is 11.4. The molecule has 5 nitrogen and oxygen atoms in total. The molecule has 1 aromatic heterocycles. The fourth-order valence-corrected chi connectivity index (χ4v) is 3.33. The molecule has 1 N–H and O–H groups in total. The SMILES string of the molecule is COc1cc(C=C(C#N)c2nc3ccc(C)cc3[nH]2)ccc1OCc1ccc(Cl)cc1. The van der Waals surface area contributed by atoms with E-state index in [1.165, 1.54) is 0 Å². The molecule has 0 bridgehead atoms. The number of aryl methyl sites for hydroxylation is 1. The molecule has 0 amide bonds. The van der Waals surface area contributed by atoms with E-state index in [2.05, 4.69) is 16.0 Å². The largest absolute Gasteiger partial charge is 0.493 e. The van der Waals surface area contributed by atoms with Crippen LogP contribution in [0.15, 0.2) is 60.7 Å². The van der Waals surface area contributed by atoms with E-state index in [9.17, 15) is 5.26 Å². The van der Waals surface area contributed by atoms with Crippen molar-refractivity contribution in [3.63, 3.8) is 0 Å². The van der Waals surface area contributed by atoms with E-state index in [-0.39, 0.29) is 0 Å². The number of benzene rings is 3. The molecule has 4 aromatic rings. The highest BCUT2D eigenvalue weighted by atomic mass is 35.5. The van der Waals surface area contributed by atoms with Crippen LogP contribution in [0.3, 0.4) is 0 Å². The molecule has 0 aliphatic heterocycles. The van der Waals surface area contributed by atoms with Crippen LogP contribution in [0, 0.1) is 18.3 Å². The fourth-order valence-electron chi connectivity index (χ4n) is 3.21. The zero-order chi connectivity index (χ0) is 21.8. The summed E-state index contributed by atoms with van der Waals surface area (Å²) in [5.41, 5.74) is 5.10. The van der Waals surface area contributed by atoms with E-state index in [4.69, 9.17) is 21.1 Å². The topological polar surface area (TPSA) is 70.9 Å². The number of nitrogens with zero attached hydrogens (tertiary/aromatic N) is 2. The number of methoxy groups -OCH3 is 1. The van der Waals surface area contributed by atoms with Crippen molar-refractivity contribution in [2.45, 2.75) is 13.5 Å². The van der Waals surface area contributed by atoms with Crippen LogP contribution in [-0.2, 0) is 6.61 Å². The van der Waals surface area contributed by atoms with Crippen molar-refractivity contribution in [1.82, 2.24) is 9.97 Å². The van der Waals surface area contributed by atoms with E-state index in [1.54, 1.807) is 13.2 Å². The molecule has 4 rings (SSSR count). The standard InChI is InChI=1S/C25H20ClN3O2/c1-16-3-9-21-22(11-16)29-25(28-21)19(14-27)12-18-6-10-23(24(13-18)30-2)31-15-17-4-7-20(26)8-5-17/h3-13H,15H2,1-2H3,(H,28,29). The van der Waals surface area contributed by atoms with E-state index in [0.717, 1.165) is 27.7 Å². The van der Waals surface area contributed by atoms with Crippen LogP contribution in [0.4, 0.5) is 0 Å². The molecule has 31 heavy (non-hydrogen) atoms. The summed E-state index contributed by atoms with van der Waals surface area (Å²) in [5.74, 6) is 1.73. The molecule has 0 radical (unpaired) electrons. The Bertz CT molecular complexity index is 1300. The molecule has 6 heteroatoms. The molecule has 0 spiro atoms. The van der Waals surface area contributed by atoms with Crippen LogP contribution in [0.5, 0.6) is 11.5 Å². The Kier molecular flexibility index (Phi) is 5.92. The minimum absolute atomic E-state index is 0.393. The number of aromatic nitrogens is 2. The molecular formula is C25H20ClN3O2. The number of hydrogen-bond donors (Lipinski definition) is 1. The quantitative estimate of drug-likeness (QED) is 0.371. The van der Waals surface area contributed by atoms with Crippen molar-refractivity contribution in [1.29, 1.82) is 5.26 Å². The lowest BCUT2D eigenvalue weighted by Crippen LogP contribution is -1.98.